The summed E-state index contributed by atoms with van der Waals surface area (Å²) < 4.78 is 12.4. The maximum Gasteiger partial charge on any atom is 0.407 e. The van der Waals surface area contributed by atoms with Gasteiger partial charge in [0.15, 0.2) is 11.5 Å². The zero-order valence-corrected chi connectivity index (χ0v) is 24.1. The van der Waals surface area contributed by atoms with Crippen LogP contribution in [0.5, 0.6) is 5.75 Å². The average Bonchev–Trinajstić information content (AvgIpc) is 3.31. The Labute approximate surface area is 244 Å². The van der Waals surface area contributed by atoms with Crippen molar-refractivity contribution in [3.05, 3.63) is 112 Å². The number of anilines is 1. The summed E-state index contributed by atoms with van der Waals surface area (Å²) in [5.41, 5.74) is 3.51. The molecule has 10 heteroatoms. The molecule has 10 nitrogen and oxygen atoms in total. The lowest BCUT2D eigenvalue weighted by Gasteiger charge is -2.24. The van der Waals surface area contributed by atoms with Crippen LogP contribution in [0.3, 0.4) is 0 Å². The first-order valence-electron chi connectivity index (χ1n) is 13.6. The summed E-state index contributed by atoms with van der Waals surface area (Å²) in [6.45, 7) is 6.73. The number of fused-ring (bicyclic) bond motifs is 1. The lowest BCUT2D eigenvalue weighted by atomic mass is 10.1. The minimum atomic E-state index is -0.548. The Kier molecular flexibility index (Phi) is 8.24. The number of hydrogen-bond donors (Lipinski definition) is 2. The van der Waals surface area contributed by atoms with E-state index in [4.69, 9.17) is 9.47 Å². The van der Waals surface area contributed by atoms with Crippen LogP contribution in [0.25, 0.3) is 16.9 Å². The highest BCUT2D eigenvalue weighted by molar-refractivity contribution is 5.84. The number of imidazole rings is 1. The molecule has 2 aromatic heterocycles. The Morgan fingerprint density at radius 3 is 2.19 bits per heavy atom. The first kappa shape index (κ1) is 28.4. The van der Waals surface area contributed by atoms with E-state index in [1.165, 1.54) is 10.9 Å². The number of aromatic amines is 1. The zero-order chi connectivity index (χ0) is 29.7. The average molecular weight is 567 g/mol. The summed E-state index contributed by atoms with van der Waals surface area (Å²) in [4.78, 5) is 39.9. The van der Waals surface area contributed by atoms with Gasteiger partial charge < -0.3 is 24.7 Å². The Morgan fingerprint density at radius 2 is 1.60 bits per heavy atom. The molecule has 2 N–H and O–H groups in total. The van der Waals surface area contributed by atoms with Crippen molar-refractivity contribution < 1.29 is 14.3 Å². The van der Waals surface area contributed by atoms with E-state index in [0.29, 0.717) is 47.1 Å². The number of methoxy groups -OCH3 is 1. The van der Waals surface area contributed by atoms with Gasteiger partial charge in [0.2, 0.25) is 0 Å². The number of H-pyrrole nitrogens is 1. The predicted molar refractivity (Wildman–Crippen MR) is 162 cm³/mol. The van der Waals surface area contributed by atoms with E-state index in [-0.39, 0.29) is 12.3 Å². The second kappa shape index (κ2) is 12.2. The Hall–Kier alpha value is -5.12. The van der Waals surface area contributed by atoms with Gasteiger partial charge >= 0.3 is 11.8 Å². The molecule has 0 aliphatic rings. The first-order valence-corrected chi connectivity index (χ1v) is 13.6. The lowest BCUT2D eigenvalue weighted by Crippen LogP contribution is -2.40. The molecule has 0 saturated heterocycles. The van der Waals surface area contributed by atoms with Crippen molar-refractivity contribution in [2.75, 3.05) is 12.0 Å². The molecular weight excluding hydrogens is 532 g/mol. The van der Waals surface area contributed by atoms with Gasteiger partial charge in [0.05, 0.1) is 12.8 Å². The molecule has 0 spiro atoms. The number of nitrogens with zero attached hydrogens (tertiary/aromatic N) is 4. The molecule has 0 fully saturated rings. The summed E-state index contributed by atoms with van der Waals surface area (Å²) >= 11 is 0. The molecule has 5 rings (SSSR count). The van der Waals surface area contributed by atoms with Crippen molar-refractivity contribution in [1.82, 2.24) is 24.8 Å². The topological polar surface area (TPSA) is 114 Å². The number of nitrogens with one attached hydrogen (secondary N) is 2. The zero-order valence-electron chi connectivity index (χ0n) is 24.1. The third kappa shape index (κ3) is 6.60. The van der Waals surface area contributed by atoms with Crippen LogP contribution in [0.2, 0.25) is 0 Å². The van der Waals surface area contributed by atoms with E-state index in [1.807, 2.05) is 57.2 Å². The van der Waals surface area contributed by atoms with Crippen molar-refractivity contribution in [3.63, 3.8) is 0 Å². The summed E-state index contributed by atoms with van der Waals surface area (Å²) in [5.74, 6) is 1.14. The van der Waals surface area contributed by atoms with Crippen LogP contribution in [0.1, 0.15) is 37.5 Å². The van der Waals surface area contributed by atoms with E-state index in [2.05, 4.69) is 49.4 Å². The fraction of sp³-hybridized carbons (Fsp3) is 0.250. The monoisotopic (exact) mass is 566 g/mol. The second-order valence-corrected chi connectivity index (χ2v) is 10.9. The SMILES string of the molecule is COc1ccc(-n2c(=O)[nH]c3c(N(Cc4ccccc4)Cc4ccccc4)ncnc32)cc1COC(=O)NC(C)(C)C. The van der Waals surface area contributed by atoms with Gasteiger partial charge in [-0.2, -0.15) is 0 Å². The normalized spacial score (nSPS) is 11.3. The molecule has 0 saturated carbocycles. The number of amides is 1. The minimum Gasteiger partial charge on any atom is -0.496 e. The van der Waals surface area contributed by atoms with Gasteiger partial charge in [0, 0.05) is 24.2 Å². The highest BCUT2D eigenvalue weighted by Crippen LogP contribution is 2.28. The van der Waals surface area contributed by atoms with Crippen LogP contribution >= 0.6 is 0 Å². The molecule has 216 valence electrons. The number of alkyl carbamates (subject to hydrolysis) is 1. The highest BCUT2D eigenvalue weighted by Gasteiger charge is 2.21. The number of hydrogen-bond acceptors (Lipinski definition) is 7. The van der Waals surface area contributed by atoms with Gasteiger partial charge in [-0.25, -0.2) is 24.1 Å². The number of aromatic nitrogens is 4. The van der Waals surface area contributed by atoms with Crippen LogP contribution in [-0.4, -0.2) is 38.3 Å². The number of carbonyl (C=O) groups is 1. The third-order valence-corrected chi connectivity index (χ3v) is 6.54. The number of benzene rings is 3. The van der Waals surface area contributed by atoms with E-state index >= 15 is 0 Å². The maximum absolute atomic E-state index is 13.4. The summed E-state index contributed by atoms with van der Waals surface area (Å²) in [6.07, 6.45) is 0.919. The van der Waals surface area contributed by atoms with Gasteiger partial charge in [0.25, 0.3) is 0 Å². The number of carbonyl (C=O) groups excluding carboxylic acids is 1. The summed E-state index contributed by atoms with van der Waals surface area (Å²) in [5, 5.41) is 2.77. The molecule has 3 aromatic carbocycles. The Bertz CT molecular complexity index is 1680. The molecule has 42 heavy (non-hydrogen) atoms. The molecule has 0 bridgehead atoms. The fourth-order valence-corrected chi connectivity index (χ4v) is 4.70. The van der Waals surface area contributed by atoms with Gasteiger partial charge in [0.1, 0.15) is 24.2 Å². The van der Waals surface area contributed by atoms with Crippen LogP contribution in [0, 0.1) is 0 Å². The van der Waals surface area contributed by atoms with Crippen LogP contribution in [0.15, 0.2) is 90.0 Å². The molecule has 0 radical (unpaired) electrons. The lowest BCUT2D eigenvalue weighted by molar-refractivity contribution is 0.130. The van der Waals surface area contributed by atoms with E-state index in [1.54, 1.807) is 25.3 Å². The largest absolute Gasteiger partial charge is 0.496 e. The minimum absolute atomic E-state index is 0.0435. The van der Waals surface area contributed by atoms with Crippen molar-refractivity contribution in [3.8, 4) is 11.4 Å². The molecule has 2 heterocycles. The summed E-state index contributed by atoms with van der Waals surface area (Å²) in [7, 11) is 1.54. The first-order chi connectivity index (χ1) is 20.2. The van der Waals surface area contributed by atoms with E-state index in [0.717, 1.165) is 11.1 Å². The molecule has 0 aliphatic heterocycles. The molecular formula is C32H34N6O4. The van der Waals surface area contributed by atoms with Gasteiger partial charge in [-0.15, -0.1) is 0 Å². The van der Waals surface area contributed by atoms with E-state index in [9.17, 15) is 9.59 Å². The standard InChI is InChI=1S/C32H34N6O4/c1-32(2,3)36-31(40)42-20-24-17-25(15-16-26(24)41-4)38-29-27(35-30(38)39)28(33-21-34-29)37(18-22-11-7-5-8-12-22)19-23-13-9-6-10-14-23/h5-17,21H,18-20H2,1-4H3,(H,35,39)(H,36,40). The third-order valence-electron chi connectivity index (χ3n) is 6.54. The maximum atomic E-state index is 13.4. The van der Waals surface area contributed by atoms with Crippen LogP contribution in [0.4, 0.5) is 10.6 Å². The van der Waals surface area contributed by atoms with Crippen molar-refractivity contribution in [1.29, 1.82) is 0 Å². The number of ether oxygens (including phenoxy) is 2. The highest BCUT2D eigenvalue weighted by atomic mass is 16.5. The summed E-state index contributed by atoms with van der Waals surface area (Å²) in [6, 6.07) is 25.5. The molecule has 0 atom stereocenters. The second-order valence-electron chi connectivity index (χ2n) is 10.9. The molecule has 5 aromatic rings. The van der Waals surface area contributed by atoms with Crippen LogP contribution < -0.4 is 20.6 Å². The van der Waals surface area contributed by atoms with Crippen molar-refractivity contribution in [2.24, 2.45) is 0 Å². The Balaban J connectivity index is 1.53. The van der Waals surface area contributed by atoms with Crippen molar-refractivity contribution in [2.45, 2.75) is 46.0 Å². The fourth-order valence-electron chi connectivity index (χ4n) is 4.70. The molecule has 0 unspecified atom stereocenters. The Morgan fingerprint density at radius 1 is 0.952 bits per heavy atom. The van der Waals surface area contributed by atoms with Crippen LogP contribution in [-0.2, 0) is 24.4 Å². The molecule has 1 amide bonds. The van der Waals surface area contributed by atoms with Gasteiger partial charge in [-0.1, -0.05) is 60.7 Å². The van der Waals surface area contributed by atoms with E-state index < -0.39 is 11.6 Å². The van der Waals surface area contributed by atoms with Gasteiger partial charge in [-0.05, 0) is 50.1 Å². The number of rotatable bonds is 9. The van der Waals surface area contributed by atoms with Gasteiger partial charge in [-0.3, -0.25) is 0 Å². The quantitative estimate of drug-likeness (QED) is 0.247. The smallest absolute Gasteiger partial charge is 0.407 e. The van der Waals surface area contributed by atoms with Crippen molar-refractivity contribution >= 4 is 23.1 Å². The predicted octanol–water partition coefficient (Wildman–Crippen LogP) is 5.35. The molecule has 0 aliphatic carbocycles.